The molecule has 5 heterocycles. The fourth-order valence-electron chi connectivity index (χ4n) is 6.16. The van der Waals surface area contributed by atoms with Crippen LogP contribution in [-0.2, 0) is 21.7 Å². The number of aromatic nitrogens is 6. The van der Waals surface area contributed by atoms with Crippen LogP contribution in [0.2, 0.25) is 0 Å². The van der Waals surface area contributed by atoms with Crippen molar-refractivity contribution in [1.29, 1.82) is 0 Å². The first-order valence-corrected chi connectivity index (χ1v) is 13.2. The third-order valence-electron chi connectivity index (χ3n) is 8.20. The fourth-order valence-corrected chi connectivity index (χ4v) is 6.16. The van der Waals surface area contributed by atoms with Crippen LogP contribution in [0.25, 0.3) is 33.8 Å². The Kier molecular flexibility index (Phi) is 4.92. The van der Waals surface area contributed by atoms with Crippen molar-refractivity contribution in [2.75, 3.05) is 18.5 Å². The normalized spacial score (nSPS) is 20.7. The molecule has 1 saturated carbocycles. The number of carbonyl (C=O) groups excluding carboxylic acids is 2. The first-order valence-electron chi connectivity index (χ1n) is 13.2. The van der Waals surface area contributed by atoms with E-state index in [-0.39, 0.29) is 17.7 Å². The highest BCUT2D eigenvalue weighted by atomic mass is 16.2. The Morgan fingerprint density at radius 2 is 1.89 bits per heavy atom. The number of aryl methyl sites for hydroxylation is 2. The Labute approximate surface area is 219 Å². The lowest BCUT2D eigenvalue weighted by Gasteiger charge is -2.34. The van der Waals surface area contributed by atoms with Crippen molar-refractivity contribution in [3.05, 3.63) is 48.3 Å². The molecule has 38 heavy (non-hydrogen) atoms. The number of likely N-dealkylation sites (N-methyl/N-ethyl adjacent to an activating group) is 1. The average Bonchev–Trinajstić information content (AvgIpc) is 3.53. The summed E-state index contributed by atoms with van der Waals surface area (Å²) in [5.41, 5.74) is 4.52. The maximum atomic E-state index is 13.8. The molecule has 2 amide bonds. The molecule has 0 unspecified atom stereocenters. The van der Waals surface area contributed by atoms with E-state index < -0.39 is 5.54 Å². The summed E-state index contributed by atoms with van der Waals surface area (Å²) in [6, 6.07) is 5.98. The summed E-state index contributed by atoms with van der Waals surface area (Å²) >= 11 is 0. The number of fused-ring (bicyclic) bond motifs is 3. The number of nitrogens with zero attached hydrogens (tertiary/aromatic N) is 8. The Bertz CT molecular complexity index is 1620. The highest BCUT2D eigenvalue weighted by Crippen LogP contribution is 2.52. The van der Waals surface area contributed by atoms with Gasteiger partial charge in [0.15, 0.2) is 5.65 Å². The lowest BCUT2D eigenvalue weighted by atomic mass is 9.86. The zero-order valence-electron chi connectivity index (χ0n) is 21.7. The second-order valence-electron chi connectivity index (χ2n) is 10.4. The van der Waals surface area contributed by atoms with Crippen molar-refractivity contribution >= 4 is 28.7 Å². The highest BCUT2D eigenvalue weighted by Gasteiger charge is 2.58. The van der Waals surface area contributed by atoms with Gasteiger partial charge in [0.25, 0.3) is 5.91 Å². The van der Waals surface area contributed by atoms with Gasteiger partial charge in [0, 0.05) is 55.3 Å². The highest BCUT2D eigenvalue weighted by molar-refractivity contribution is 6.10. The Morgan fingerprint density at radius 1 is 1.11 bits per heavy atom. The van der Waals surface area contributed by atoms with Crippen molar-refractivity contribution in [3.8, 4) is 22.6 Å². The van der Waals surface area contributed by atoms with Crippen molar-refractivity contribution in [2.24, 2.45) is 5.92 Å². The summed E-state index contributed by atoms with van der Waals surface area (Å²) in [7, 11) is 1.80. The number of carbonyl (C=O) groups is 2. The predicted octanol–water partition coefficient (Wildman–Crippen LogP) is 3.48. The molecule has 2 fully saturated rings. The fraction of sp³-hybridized carbons (Fsp3) is 0.393. The molecule has 1 aliphatic carbocycles. The van der Waals surface area contributed by atoms with Gasteiger partial charge in [-0.1, -0.05) is 6.07 Å². The minimum atomic E-state index is -0.945. The maximum Gasteiger partial charge on any atom is 0.257 e. The van der Waals surface area contributed by atoms with Gasteiger partial charge in [-0.3, -0.25) is 9.59 Å². The molecule has 0 bridgehead atoms. The van der Waals surface area contributed by atoms with Gasteiger partial charge in [-0.25, -0.2) is 24.9 Å². The first-order chi connectivity index (χ1) is 18.4. The number of hydrogen-bond donors (Lipinski definition) is 0. The number of imidazole rings is 1. The molecule has 4 aromatic rings. The molecule has 192 valence electrons. The smallest absolute Gasteiger partial charge is 0.257 e. The monoisotopic (exact) mass is 508 g/mol. The molecule has 10 nitrogen and oxygen atoms in total. The molecule has 1 atom stereocenters. The van der Waals surface area contributed by atoms with E-state index in [1.807, 2.05) is 41.5 Å². The van der Waals surface area contributed by atoms with Gasteiger partial charge < -0.3 is 14.4 Å². The molecule has 7 rings (SSSR count). The third-order valence-corrected chi connectivity index (χ3v) is 8.20. The van der Waals surface area contributed by atoms with Crippen molar-refractivity contribution < 1.29 is 9.59 Å². The van der Waals surface area contributed by atoms with E-state index >= 15 is 0 Å². The van der Waals surface area contributed by atoms with Crippen LogP contribution in [0, 0.1) is 12.8 Å². The quantitative estimate of drug-likeness (QED) is 0.415. The molecule has 1 saturated heterocycles. The van der Waals surface area contributed by atoms with Crippen molar-refractivity contribution in [2.45, 2.75) is 51.6 Å². The standard InChI is InChI=1S/C28H28N8O2/c1-4-35-24(19-13-29-16(2)30-14-19)33-23-22(31-15-32-25(23)35)18-8-9-21-20(12-18)28(27(38)34(21)3)10-5-11-36(28)26(37)17-6-7-17/h8-9,12-15,17H,4-7,10-11H2,1-3H3/t28-/m0/s1. The van der Waals surface area contributed by atoms with E-state index in [2.05, 4.69) is 19.9 Å². The SMILES string of the molecule is CCn1c(-c2cnc(C)nc2)nc2c(-c3ccc4c(c3)[C@@]3(CCCN3C(=O)C3CC3)C(=O)N4C)ncnc21. The number of hydrogen-bond acceptors (Lipinski definition) is 7. The topological polar surface area (TPSA) is 110 Å². The van der Waals surface area contributed by atoms with Gasteiger partial charge >= 0.3 is 0 Å². The minimum absolute atomic E-state index is 0.0269. The summed E-state index contributed by atoms with van der Waals surface area (Å²) in [5, 5.41) is 0. The Hall–Kier alpha value is -4.21. The molecule has 1 spiro atoms. The molecule has 10 heteroatoms. The van der Waals surface area contributed by atoms with Gasteiger partial charge in [-0.15, -0.1) is 0 Å². The predicted molar refractivity (Wildman–Crippen MR) is 141 cm³/mol. The van der Waals surface area contributed by atoms with Crippen molar-refractivity contribution in [3.63, 3.8) is 0 Å². The van der Waals surface area contributed by atoms with Crippen LogP contribution in [0.4, 0.5) is 5.69 Å². The van der Waals surface area contributed by atoms with Crippen LogP contribution in [0.5, 0.6) is 0 Å². The lowest BCUT2D eigenvalue weighted by Crippen LogP contribution is -2.51. The van der Waals surface area contributed by atoms with E-state index in [1.54, 1.807) is 30.7 Å². The van der Waals surface area contributed by atoms with Crippen LogP contribution in [-0.4, -0.2) is 59.8 Å². The van der Waals surface area contributed by atoms with Gasteiger partial charge in [0.05, 0.1) is 5.56 Å². The number of rotatable bonds is 4. The third kappa shape index (κ3) is 3.09. The van der Waals surface area contributed by atoms with E-state index in [4.69, 9.17) is 4.98 Å². The first kappa shape index (κ1) is 22.9. The van der Waals surface area contributed by atoms with Gasteiger partial charge in [0.1, 0.15) is 34.7 Å². The van der Waals surface area contributed by atoms with Gasteiger partial charge in [-0.05, 0) is 51.7 Å². The molecular weight excluding hydrogens is 480 g/mol. The number of amides is 2. The summed E-state index contributed by atoms with van der Waals surface area (Å²) in [4.78, 5) is 53.5. The van der Waals surface area contributed by atoms with Crippen LogP contribution in [0.1, 0.15) is 44.0 Å². The zero-order valence-corrected chi connectivity index (χ0v) is 21.7. The van der Waals surface area contributed by atoms with E-state index in [0.717, 1.165) is 53.1 Å². The second-order valence-corrected chi connectivity index (χ2v) is 10.4. The Balaban J connectivity index is 1.39. The molecular formula is C28H28N8O2. The summed E-state index contributed by atoms with van der Waals surface area (Å²) in [6.45, 7) is 5.18. The average molecular weight is 509 g/mol. The lowest BCUT2D eigenvalue weighted by molar-refractivity contribution is -0.144. The summed E-state index contributed by atoms with van der Waals surface area (Å²) in [6.07, 6.45) is 8.36. The van der Waals surface area contributed by atoms with Crippen molar-refractivity contribution in [1.82, 2.24) is 34.4 Å². The Morgan fingerprint density at radius 3 is 2.63 bits per heavy atom. The van der Waals surface area contributed by atoms with Crippen LogP contribution < -0.4 is 4.90 Å². The van der Waals surface area contributed by atoms with Crippen LogP contribution >= 0.6 is 0 Å². The second kappa shape index (κ2) is 8.14. The molecule has 0 radical (unpaired) electrons. The van der Waals surface area contributed by atoms with E-state index in [9.17, 15) is 9.59 Å². The largest absolute Gasteiger partial charge is 0.324 e. The molecule has 3 aromatic heterocycles. The summed E-state index contributed by atoms with van der Waals surface area (Å²) < 4.78 is 2.04. The van der Waals surface area contributed by atoms with Gasteiger partial charge in [0.2, 0.25) is 5.91 Å². The van der Waals surface area contributed by atoms with Crippen LogP contribution in [0.15, 0.2) is 36.9 Å². The number of benzene rings is 1. The van der Waals surface area contributed by atoms with E-state index in [0.29, 0.717) is 36.5 Å². The number of likely N-dealkylation sites (tertiary alicyclic amines) is 1. The molecule has 1 aromatic carbocycles. The molecule has 3 aliphatic rings. The molecule has 0 N–H and O–H groups in total. The number of anilines is 1. The van der Waals surface area contributed by atoms with Crippen LogP contribution in [0.3, 0.4) is 0 Å². The van der Waals surface area contributed by atoms with Gasteiger partial charge in [-0.2, -0.15) is 0 Å². The minimum Gasteiger partial charge on any atom is -0.324 e. The summed E-state index contributed by atoms with van der Waals surface area (Å²) in [5.74, 6) is 1.56. The van der Waals surface area contributed by atoms with E-state index in [1.165, 1.54) is 0 Å². The maximum absolute atomic E-state index is 13.8. The molecule has 2 aliphatic heterocycles. The zero-order chi connectivity index (χ0) is 26.2.